The molecule has 1 aromatic rings. The fraction of sp³-hybridized carbons (Fsp3) is 0.333. The van der Waals surface area contributed by atoms with E-state index in [4.69, 9.17) is 0 Å². The third-order valence-electron chi connectivity index (χ3n) is 1.89. The first kappa shape index (κ1) is 14.3. The summed E-state index contributed by atoms with van der Waals surface area (Å²) >= 11 is 0. The van der Waals surface area contributed by atoms with E-state index in [1.54, 1.807) is 7.05 Å². The van der Waals surface area contributed by atoms with Crippen molar-refractivity contribution in [2.45, 2.75) is 12.8 Å². The molecule has 0 spiro atoms. The van der Waals surface area contributed by atoms with E-state index in [9.17, 15) is 17.6 Å². The largest absolute Gasteiger partial charge is 0.573 e. The summed E-state index contributed by atoms with van der Waals surface area (Å²) in [5.74, 6) is 3.45. The molecule has 0 aromatic heterocycles. The monoisotopic (exact) mass is 261 g/mol. The maximum absolute atomic E-state index is 13.3. The Morgan fingerprint density at radius 2 is 2.06 bits per heavy atom. The van der Waals surface area contributed by atoms with E-state index in [0.29, 0.717) is 18.5 Å². The normalized spacial score (nSPS) is 10.7. The SMILES string of the molecule is CNCCC#Cc1ccc(OC(F)(F)F)c(F)c1. The quantitative estimate of drug-likeness (QED) is 0.513. The van der Waals surface area contributed by atoms with Gasteiger partial charge in [-0.15, -0.1) is 13.2 Å². The van der Waals surface area contributed by atoms with Crippen molar-refractivity contribution < 1.29 is 22.3 Å². The van der Waals surface area contributed by atoms with Crippen LogP contribution in [0, 0.1) is 17.7 Å². The van der Waals surface area contributed by atoms with E-state index in [-0.39, 0.29) is 0 Å². The van der Waals surface area contributed by atoms with E-state index in [1.165, 1.54) is 6.07 Å². The van der Waals surface area contributed by atoms with Crippen molar-refractivity contribution in [2.24, 2.45) is 0 Å². The van der Waals surface area contributed by atoms with E-state index < -0.39 is 17.9 Å². The Morgan fingerprint density at radius 3 is 2.61 bits per heavy atom. The van der Waals surface area contributed by atoms with Gasteiger partial charge in [0, 0.05) is 18.5 Å². The molecule has 0 heterocycles. The molecule has 2 nitrogen and oxygen atoms in total. The average molecular weight is 261 g/mol. The summed E-state index contributed by atoms with van der Waals surface area (Å²) < 4.78 is 52.4. The lowest BCUT2D eigenvalue weighted by atomic mass is 10.2. The van der Waals surface area contributed by atoms with Crippen molar-refractivity contribution >= 4 is 0 Å². The maximum Gasteiger partial charge on any atom is 0.573 e. The lowest BCUT2D eigenvalue weighted by molar-refractivity contribution is -0.275. The number of hydrogen-bond acceptors (Lipinski definition) is 2. The number of hydrogen-bond donors (Lipinski definition) is 1. The van der Waals surface area contributed by atoms with Crippen LogP contribution in [0.15, 0.2) is 18.2 Å². The highest BCUT2D eigenvalue weighted by atomic mass is 19.4. The molecule has 98 valence electrons. The Labute approximate surface area is 102 Å². The molecule has 0 saturated heterocycles. The second-order valence-electron chi connectivity index (χ2n) is 3.35. The van der Waals surface area contributed by atoms with Gasteiger partial charge in [-0.05, 0) is 25.2 Å². The van der Waals surface area contributed by atoms with Crippen LogP contribution in [0.1, 0.15) is 12.0 Å². The summed E-state index contributed by atoms with van der Waals surface area (Å²) in [4.78, 5) is 0. The highest BCUT2D eigenvalue weighted by Crippen LogP contribution is 2.25. The lowest BCUT2D eigenvalue weighted by Crippen LogP contribution is -2.17. The molecule has 0 aliphatic carbocycles. The van der Waals surface area contributed by atoms with Crippen molar-refractivity contribution in [3.8, 4) is 17.6 Å². The van der Waals surface area contributed by atoms with Crippen LogP contribution in [-0.2, 0) is 0 Å². The highest BCUT2D eigenvalue weighted by Gasteiger charge is 2.32. The summed E-state index contributed by atoms with van der Waals surface area (Å²) in [6.07, 6.45) is -4.33. The molecule has 1 rings (SSSR count). The van der Waals surface area contributed by atoms with Gasteiger partial charge < -0.3 is 10.1 Å². The number of nitrogens with one attached hydrogen (secondary N) is 1. The molecule has 0 aliphatic rings. The number of alkyl halides is 3. The van der Waals surface area contributed by atoms with Gasteiger partial charge in [0.1, 0.15) is 0 Å². The molecule has 0 bridgehead atoms. The summed E-state index contributed by atoms with van der Waals surface area (Å²) in [7, 11) is 1.77. The van der Waals surface area contributed by atoms with Gasteiger partial charge in [0.05, 0.1) is 0 Å². The molecule has 18 heavy (non-hydrogen) atoms. The van der Waals surface area contributed by atoms with Gasteiger partial charge in [-0.25, -0.2) is 4.39 Å². The van der Waals surface area contributed by atoms with E-state index in [0.717, 1.165) is 12.1 Å². The topological polar surface area (TPSA) is 21.3 Å². The standard InChI is InChI=1S/C12H11F4NO/c1-17-7-3-2-4-9-5-6-11(10(13)8-9)18-12(14,15)16/h5-6,8,17H,3,7H2,1H3. The number of benzene rings is 1. The molecule has 0 fully saturated rings. The van der Waals surface area contributed by atoms with Crippen LogP contribution in [0.25, 0.3) is 0 Å². The van der Waals surface area contributed by atoms with Gasteiger partial charge in [0.25, 0.3) is 0 Å². The van der Waals surface area contributed by atoms with Gasteiger partial charge in [-0.3, -0.25) is 0 Å². The predicted molar refractivity (Wildman–Crippen MR) is 58.5 cm³/mol. The molecular weight excluding hydrogens is 250 g/mol. The minimum absolute atomic E-state index is 0.304. The molecule has 0 atom stereocenters. The number of halogens is 4. The molecule has 6 heteroatoms. The third kappa shape index (κ3) is 5.06. The summed E-state index contributed by atoms with van der Waals surface area (Å²) in [5.41, 5.74) is 0.304. The van der Waals surface area contributed by atoms with Gasteiger partial charge in [0.2, 0.25) is 0 Å². The van der Waals surface area contributed by atoms with E-state index >= 15 is 0 Å². The minimum Gasteiger partial charge on any atom is -0.403 e. The molecule has 0 aliphatic heterocycles. The fourth-order valence-corrected chi connectivity index (χ4v) is 1.14. The molecule has 0 amide bonds. The zero-order valence-corrected chi connectivity index (χ0v) is 9.57. The number of ether oxygens (including phenoxy) is 1. The van der Waals surface area contributed by atoms with Crippen LogP contribution in [-0.4, -0.2) is 20.0 Å². The number of rotatable bonds is 3. The van der Waals surface area contributed by atoms with Crippen LogP contribution >= 0.6 is 0 Å². The first-order valence-corrected chi connectivity index (χ1v) is 5.11. The first-order chi connectivity index (χ1) is 8.42. The van der Waals surface area contributed by atoms with Crippen LogP contribution < -0.4 is 10.1 Å². The Morgan fingerprint density at radius 1 is 1.33 bits per heavy atom. The second kappa shape index (κ2) is 6.26. The van der Waals surface area contributed by atoms with Crippen molar-refractivity contribution in [1.82, 2.24) is 5.32 Å². The van der Waals surface area contributed by atoms with Crippen molar-refractivity contribution in [1.29, 1.82) is 0 Å². The third-order valence-corrected chi connectivity index (χ3v) is 1.89. The fourth-order valence-electron chi connectivity index (χ4n) is 1.14. The van der Waals surface area contributed by atoms with Crippen LogP contribution in [0.5, 0.6) is 5.75 Å². The Kier molecular flexibility index (Phi) is 4.98. The highest BCUT2D eigenvalue weighted by molar-refractivity contribution is 5.39. The van der Waals surface area contributed by atoms with Crippen molar-refractivity contribution in [3.63, 3.8) is 0 Å². The van der Waals surface area contributed by atoms with Crippen molar-refractivity contribution in [2.75, 3.05) is 13.6 Å². The van der Waals surface area contributed by atoms with E-state index in [2.05, 4.69) is 21.9 Å². The van der Waals surface area contributed by atoms with Crippen LogP contribution in [0.2, 0.25) is 0 Å². The predicted octanol–water partition coefficient (Wildman–Crippen LogP) is 2.69. The Bertz CT molecular complexity index is 459. The van der Waals surface area contributed by atoms with Gasteiger partial charge in [-0.1, -0.05) is 11.8 Å². The smallest absolute Gasteiger partial charge is 0.403 e. The molecule has 0 saturated carbocycles. The average Bonchev–Trinajstić information content (AvgIpc) is 2.26. The van der Waals surface area contributed by atoms with E-state index in [1.807, 2.05) is 0 Å². The van der Waals surface area contributed by atoms with Gasteiger partial charge >= 0.3 is 6.36 Å². The van der Waals surface area contributed by atoms with Gasteiger partial charge in [-0.2, -0.15) is 0 Å². The molecular formula is C12H11F4NO. The first-order valence-electron chi connectivity index (χ1n) is 5.11. The Balaban J connectivity index is 2.75. The van der Waals surface area contributed by atoms with Crippen LogP contribution in [0.4, 0.5) is 17.6 Å². The van der Waals surface area contributed by atoms with Crippen LogP contribution in [0.3, 0.4) is 0 Å². The summed E-state index contributed by atoms with van der Waals surface area (Å²) in [6.45, 7) is 0.685. The summed E-state index contributed by atoms with van der Waals surface area (Å²) in [5, 5.41) is 2.88. The summed E-state index contributed by atoms with van der Waals surface area (Å²) in [6, 6.07) is 3.09. The second-order valence-corrected chi connectivity index (χ2v) is 3.35. The molecule has 0 radical (unpaired) electrons. The van der Waals surface area contributed by atoms with Crippen molar-refractivity contribution in [3.05, 3.63) is 29.6 Å². The minimum atomic E-state index is -4.90. The zero-order chi connectivity index (χ0) is 13.6. The molecule has 1 aromatic carbocycles. The lowest BCUT2D eigenvalue weighted by Gasteiger charge is -2.09. The van der Waals surface area contributed by atoms with Gasteiger partial charge in [0.15, 0.2) is 11.6 Å². The molecule has 0 unspecified atom stereocenters. The zero-order valence-electron chi connectivity index (χ0n) is 9.57. The molecule has 1 N–H and O–H groups in total. The maximum atomic E-state index is 13.3. The Hall–Kier alpha value is -1.74.